The minimum Gasteiger partial charge on any atom is -0.497 e. The molecule has 144 valence electrons. The topological polar surface area (TPSA) is 45.7 Å². The fourth-order valence-electron chi connectivity index (χ4n) is 2.50. The minimum absolute atomic E-state index is 0. The van der Waals surface area contributed by atoms with Crippen molar-refractivity contribution < 1.29 is 9.53 Å². The van der Waals surface area contributed by atoms with Crippen LogP contribution in [0.25, 0.3) is 10.2 Å². The van der Waals surface area contributed by atoms with Gasteiger partial charge in [-0.3, -0.25) is 9.69 Å². The van der Waals surface area contributed by atoms with Crippen molar-refractivity contribution in [3.63, 3.8) is 0 Å². The lowest BCUT2D eigenvalue weighted by molar-refractivity contribution is 0.0985. The summed E-state index contributed by atoms with van der Waals surface area (Å²) in [7, 11) is 5.58. The van der Waals surface area contributed by atoms with Crippen molar-refractivity contribution in [2.75, 3.05) is 39.2 Å². The van der Waals surface area contributed by atoms with E-state index in [2.05, 4.69) is 4.98 Å². The highest BCUT2D eigenvalue weighted by atomic mass is 35.5. The zero-order valence-corrected chi connectivity index (χ0v) is 17.7. The Kier molecular flexibility index (Phi) is 7.44. The first-order valence-corrected chi connectivity index (χ1v) is 9.34. The van der Waals surface area contributed by atoms with E-state index in [0.29, 0.717) is 22.3 Å². The fourth-order valence-corrected chi connectivity index (χ4v) is 3.66. The van der Waals surface area contributed by atoms with Gasteiger partial charge in [-0.1, -0.05) is 29.0 Å². The molecule has 0 bridgehead atoms. The summed E-state index contributed by atoms with van der Waals surface area (Å²) in [4.78, 5) is 21.5. The molecular formula is C19H21Cl2N3O2S. The van der Waals surface area contributed by atoms with Crippen LogP contribution in [0.3, 0.4) is 0 Å². The molecule has 0 saturated heterocycles. The minimum atomic E-state index is -0.111. The molecule has 0 fully saturated rings. The molecule has 27 heavy (non-hydrogen) atoms. The molecule has 0 aliphatic rings. The third kappa shape index (κ3) is 5.11. The average Bonchev–Trinajstić information content (AvgIpc) is 3.04. The van der Waals surface area contributed by atoms with Crippen LogP contribution in [-0.2, 0) is 0 Å². The SMILES string of the molecule is COc1ccc2sc(N(CCN(C)C)C(=O)c3cccc(Cl)c3)nc2c1.Cl. The first-order chi connectivity index (χ1) is 12.5. The Morgan fingerprint density at radius 2 is 1.96 bits per heavy atom. The number of rotatable bonds is 6. The third-order valence-electron chi connectivity index (χ3n) is 3.90. The van der Waals surface area contributed by atoms with E-state index in [1.54, 1.807) is 36.3 Å². The summed E-state index contributed by atoms with van der Waals surface area (Å²) >= 11 is 7.55. The molecule has 0 unspecified atom stereocenters. The first-order valence-electron chi connectivity index (χ1n) is 8.14. The number of methoxy groups -OCH3 is 1. The van der Waals surface area contributed by atoms with Gasteiger partial charge in [0.25, 0.3) is 5.91 Å². The predicted molar refractivity (Wildman–Crippen MR) is 115 cm³/mol. The molecule has 0 aliphatic heterocycles. The molecule has 1 aromatic heterocycles. The van der Waals surface area contributed by atoms with Gasteiger partial charge in [0.05, 0.1) is 17.3 Å². The van der Waals surface area contributed by atoms with Gasteiger partial charge < -0.3 is 9.64 Å². The van der Waals surface area contributed by atoms with Gasteiger partial charge in [-0.2, -0.15) is 0 Å². The summed E-state index contributed by atoms with van der Waals surface area (Å²) in [6, 6.07) is 12.7. The van der Waals surface area contributed by atoms with Crippen LogP contribution in [-0.4, -0.2) is 50.1 Å². The summed E-state index contributed by atoms with van der Waals surface area (Å²) in [5.74, 6) is 0.635. The summed E-state index contributed by atoms with van der Waals surface area (Å²) < 4.78 is 6.27. The van der Waals surface area contributed by atoms with Gasteiger partial charge >= 0.3 is 0 Å². The summed E-state index contributed by atoms with van der Waals surface area (Å²) in [6.07, 6.45) is 0. The number of likely N-dealkylation sites (N-methyl/N-ethyl adjacent to an activating group) is 1. The van der Waals surface area contributed by atoms with Crippen molar-refractivity contribution in [3.05, 3.63) is 53.1 Å². The Hall–Kier alpha value is -1.86. The van der Waals surface area contributed by atoms with Crippen molar-refractivity contribution in [2.45, 2.75) is 0 Å². The number of halogens is 2. The summed E-state index contributed by atoms with van der Waals surface area (Å²) in [5, 5.41) is 1.21. The standard InChI is InChI=1S/C19H20ClN3O2S.ClH/c1-22(2)9-10-23(18(24)13-5-4-6-14(20)11-13)19-21-16-12-15(25-3)7-8-17(16)26-19;/h4-8,11-12H,9-10H2,1-3H3;1H. The zero-order chi connectivity index (χ0) is 18.7. The lowest BCUT2D eigenvalue weighted by Gasteiger charge is -2.22. The number of ether oxygens (including phenoxy) is 1. The second-order valence-corrected chi connectivity index (χ2v) is 7.55. The second kappa shape index (κ2) is 9.37. The Balaban J connectivity index is 0.00000261. The van der Waals surface area contributed by atoms with E-state index >= 15 is 0 Å². The molecule has 5 nitrogen and oxygen atoms in total. The molecule has 8 heteroatoms. The Morgan fingerprint density at radius 1 is 1.19 bits per heavy atom. The summed E-state index contributed by atoms with van der Waals surface area (Å²) in [6.45, 7) is 1.26. The lowest BCUT2D eigenvalue weighted by atomic mass is 10.2. The van der Waals surface area contributed by atoms with Crippen molar-refractivity contribution in [1.82, 2.24) is 9.88 Å². The number of hydrogen-bond acceptors (Lipinski definition) is 5. The highest BCUT2D eigenvalue weighted by Gasteiger charge is 2.21. The highest BCUT2D eigenvalue weighted by Crippen LogP contribution is 2.32. The number of amides is 1. The van der Waals surface area contributed by atoms with Gasteiger partial charge in [-0.25, -0.2) is 4.98 Å². The Morgan fingerprint density at radius 3 is 2.63 bits per heavy atom. The van der Waals surface area contributed by atoms with Gasteiger partial charge in [-0.15, -0.1) is 12.4 Å². The smallest absolute Gasteiger partial charge is 0.260 e. The van der Waals surface area contributed by atoms with E-state index in [9.17, 15) is 4.79 Å². The molecule has 1 amide bonds. The average molecular weight is 426 g/mol. The molecule has 3 rings (SSSR count). The number of hydrogen-bond donors (Lipinski definition) is 0. The van der Waals surface area contributed by atoms with E-state index in [4.69, 9.17) is 16.3 Å². The number of fused-ring (bicyclic) bond motifs is 1. The normalized spacial score (nSPS) is 10.7. The largest absolute Gasteiger partial charge is 0.497 e. The van der Waals surface area contributed by atoms with Gasteiger partial charge in [-0.05, 0) is 44.4 Å². The van der Waals surface area contributed by atoms with Crippen LogP contribution in [0, 0.1) is 0 Å². The van der Waals surface area contributed by atoms with E-state index in [-0.39, 0.29) is 18.3 Å². The molecule has 3 aromatic rings. The lowest BCUT2D eigenvalue weighted by Crippen LogP contribution is -2.36. The van der Waals surface area contributed by atoms with E-state index < -0.39 is 0 Å². The van der Waals surface area contributed by atoms with Crippen molar-refractivity contribution in [2.24, 2.45) is 0 Å². The molecule has 0 N–H and O–H groups in total. The number of carbonyl (C=O) groups excluding carboxylic acids is 1. The molecular weight excluding hydrogens is 405 g/mol. The van der Waals surface area contributed by atoms with Crippen LogP contribution in [0.5, 0.6) is 5.75 Å². The zero-order valence-electron chi connectivity index (χ0n) is 15.3. The maximum absolute atomic E-state index is 13.1. The van der Waals surface area contributed by atoms with Gasteiger partial charge in [0.2, 0.25) is 0 Å². The van der Waals surface area contributed by atoms with Crippen molar-refractivity contribution >= 4 is 56.6 Å². The number of benzene rings is 2. The van der Waals surface area contributed by atoms with Crippen LogP contribution >= 0.6 is 35.3 Å². The van der Waals surface area contributed by atoms with Crippen molar-refractivity contribution in [3.8, 4) is 5.75 Å². The highest BCUT2D eigenvalue weighted by molar-refractivity contribution is 7.22. The number of aromatic nitrogens is 1. The van der Waals surface area contributed by atoms with Gasteiger partial charge in [0.15, 0.2) is 5.13 Å². The molecule has 0 saturated carbocycles. The fraction of sp³-hybridized carbons (Fsp3) is 0.263. The second-order valence-electron chi connectivity index (χ2n) is 6.10. The summed E-state index contributed by atoms with van der Waals surface area (Å²) in [5.41, 5.74) is 1.37. The van der Waals surface area contributed by atoms with Crippen LogP contribution in [0.15, 0.2) is 42.5 Å². The molecule has 1 heterocycles. The molecule has 0 atom stereocenters. The van der Waals surface area contributed by atoms with Crippen LogP contribution < -0.4 is 9.64 Å². The third-order valence-corrected chi connectivity index (χ3v) is 5.20. The van der Waals surface area contributed by atoms with Crippen LogP contribution in [0.2, 0.25) is 5.02 Å². The molecule has 0 radical (unpaired) electrons. The van der Waals surface area contributed by atoms with E-state index in [0.717, 1.165) is 22.5 Å². The number of anilines is 1. The van der Waals surface area contributed by atoms with E-state index in [1.165, 1.54) is 11.3 Å². The monoisotopic (exact) mass is 425 g/mol. The molecule has 0 aliphatic carbocycles. The Bertz CT molecular complexity index is 930. The van der Waals surface area contributed by atoms with E-state index in [1.807, 2.05) is 37.2 Å². The maximum atomic E-state index is 13.1. The van der Waals surface area contributed by atoms with Gasteiger partial charge in [0, 0.05) is 29.7 Å². The van der Waals surface area contributed by atoms with Crippen LogP contribution in [0.4, 0.5) is 5.13 Å². The van der Waals surface area contributed by atoms with Gasteiger partial charge in [0.1, 0.15) is 5.75 Å². The first kappa shape index (κ1) is 21.4. The van der Waals surface area contributed by atoms with Crippen molar-refractivity contribution in [1.29, 1.82) is 0 Å². The number of thiazole rings is 1. The molecule has 2 aromatic carbocycles. The Labute approximate surface area is 173 Å². The number of carbonyl (C=O) groups is 1. The number of nitrogens with zero attached hydrogens (tertiary/aromatic N) is 3. The maximum Gasteiger partial charge on any atom is 0.260 e. The quantitative estimate of drug-likeness (QED) is 0.579. The predicted octanol–water partition coefficient (Wildman–Crippen LogP) is 4.59. The van der Waals surface area contributed by atoms with Crippen LogP contribution in [0.1, 0.15) is 10.4 Å². The molecule has 0 spiro atoms.